The summed E-state index contributed by atoms with van der Waals surface area (Å²) in [4.78, 5) is 0. The molecule has 0 radical (unpaired) electrons. The van der Waals surface area contributed by atoms with E-state index in [1.54, 1.807) is 0 Å². The van der Waals surface area contributed by atoms with E-state index in [-0.39, 0.29) is 12.4 Å². The molecule has 1 aromatic carbocycles. The van der Waals surface area contributed by atoms with Crippen molar-refractivity contribution in [2.75, 3.05) is 33.0 Å². The predicted molar refractivity (Wildman–Crippen MR) is 87.8 cm³/mol. The minimum absolute atomic E-state index is 0.0729. The van der Waals surface area contributed by atoms with Crippen LogP contribution in [0.25, 0.3) is 0 Å². The van der Waals surface area contributed by atoms with Gasteiger partial charge in [0.05, 0.1) is 0 Å². The van der Waals surface area contributed by atoms with Gasteiger partial charge in [-0.1, -0.05) is 0 Å². The predicted octanol–water partition coefficient (Wildman–Crippen LogP) is 2.01. The van der Waals surface area contributed by atoms with Crippen molar-refractivity contribution in [3.05, 3.63) is 30.3 Å². The second-order valence-electron chi connectivity index (χ2n) is 5.19. The number of unbranched alkanes of at least 4 members (excludes halogenated alkanes) is 1. The Morgan fingerprint density at radius 1 is 1.27 bits per heavy atom. The molecule has 124 valence electrons. The van der Waals surface area contributed by atoms with Gasteiger partial charge in [0.2, 0.25) is 0 Å². The minimum atomic E-state index is -0.250. The van der Waals surface area contributed by atoms with Crippen LogP contribution < -0.4 is 4.46 Å². The summed E-state index contributed by atoms with van der Waals surface area (Å²) in [6, 6.07) is 10.6. The summed E-state index contributed by atoms with van der Waals surface area (Å²) in [6.07, 6.45) is 2.07. The Balaban J connectivity index is 1.77. The molecule has 2 rings (SSSR count). The van der Waals surface area contributed by atoms with E-state index in [0.717, 1.165) is 24.8 Å². The summed E-state index contributed by atoms with van der Waals surface area (Å²) in [5.74, 6) is 0. The van der Waals surface area contributed by atoms with Gasteiger partial charge in [0.15, 0.2) is 0 Å². The van der Waals surface area contributed by atoms with Crippen molar-refractivity contribution < 1.29 is 18.9 Å². The third-order valence-corrected chi connectivity index (χ3v) is 5.65. The Bertz CT molecular complexity index is 382. The molecule has 1 aliphatic heterocycles. The molecule has 5 heteroatoms. The van der Waals surface area contributed by atoms with Crippen molar-refractivity contribution >= 4 is 19.4 Å². The first-order valence-corrected chi connectivity index (χ1v) is 10.1. The second-order valence-corrected chi connectivity index (χ2v) is 7.48. The average molecular weight is 373 g/mol. The van der Waals surface area contributed by atoms with Gasteiger partial charge in [0, 0.05) is 0 Å². The van der Waals surface area contributed by atoms with Crippen LogP contribution in [0.4, 0.5) is 0 Å². The van der Waals surface area contributed by atoms with Crippen LogP contribution in [0.1, 0.15) is 19.8 Å². The maximum atomic E-state index is 6.04. The Morgan fingerprint density at radius 2 is 2.14 bits per heavy atom. The zero-order valence-corrected chi connectivity index (χ0v) is 15.0. The van der Waals surface area contributed by atoms with Crippen molar-refractivity contribution in [3.8, 4) is 0 Å². The molecule has 0 amide bonds. The summed E-state index contributed by atoms with van der Waals surface area (Å²) in [5, 5.41) is 0.989. The third-order valence-electron chi connectivity index (χ3n) is 3.25. The van der Waals surface area contributed by atoms with E-state index >= 15 is 0 Å². The molecular formula is C17H26O4Se. The van der Waals surface area contributed by atoms with E-state index < -0.39 is 0 Å². The Labute approximate surface area is 139 Å². The van der Waals surface area contributed by atoms with Crippen molar-refractivity contribution in [2.45, 2.75) is 37.5 Å². The summed E-state index contributed by atoms with van der Waals surface area (Å²) in [5.41, 5.74) is 0. The molecule has 2 atom stereocenters. The quantitative estimate of drug-likeness (QED) is 0.465. The number of hydrogen-bond donors (Lipinski definition) is 0. The molecule has 0 saturated carbocycles. The van der Waals surface area contributed by atoms with Gasteiger partial charge in [0.1, 0.15) is 0 Å². The van der Waals surface area contributed by atoms with Crippen LogP contribution in [-0.4, -0.2) is 60.4 Å². The Morgan fingerprint density at radius 3 is 2.86 bits per heavy atom. The van der Waals surface area contributed by atoms with Crippen LogP contribution in [0.5, 0.6) is 0 Å². The molecule has 1 aliphatic rings. The molecule has 2 unspecified atom stereocenters. The molecule has 0 aromatic heterocycles. The topological polar surface area (TPSA) is 36.9 Å². The molecule has 0 N–H and O–H groups in total. The molecule has 4 nitrogen and oxygen atoms in total. The zero-order chi connectivity index (χ0) is 15.5. The van der Waals surface area contributed by atoms with Gasteiger partial charge in [-0.15, -0.1) is 0 Å². The van der Waals surface area contributed by atoms with Crippen LogP contribution in [0, 0.1) is 0 Å². The first-order chi connectivity index (χ1) is 10.9. The van der Waals surface area contributed by atoms with E-state index in [4.69, 9.17) is 18.9 Å². The van der Waals surface area contributed by atoms with Crippen LogP contribution >= 0.6 is 0 Å². The van der Waals surface area contributed by atoms with Gasteiger partial charge >= 0.3 is 139 Å². The molecule has 1 saturated heterocycles. The third kappa shape index (κ3) is 7.23. The van der Waals surface area contributed by atoms with Gasteiger partial charge in [-0.05, 0) is 0 Å². The SMILES string of the molecule is CCCCOCC(C[Se]c1ccccc1)OC1COCCO1. The fraction of sp³-hybridized carbons (Fsp3) is 0.647. The summed E-state index contributed by atoms with van der Waals surface area (Å²) < 4.78 is 24.2. The van der Waals surface area contributed by atoms with Gasteiger partial charge < -0.3 is 0 Å². The van der Waals surface area contributed by atoms with E-state index in [2.05, 4.69) is 37.3 Å². The molecular weight excluding hydrogens is 347 g/mol. The summed E-state index contributed by atoms with van der Waals surface area (Å²) in [6.45, 7) is 5.39. The van der Waals surface area contributed by atoms with Crippen LogP contribution in [-0.2, 0) is 18.9 Å². The van der Waals surface area contributed by atoms with Gasteiger partial charge in [-0.2, -0.15) is 0 Å². The fourth-order valence-electron chi connectivity index (χ4n) is 2.05. The monoisotopic (exact) mass is 374 g/mol. The van der Waals surface area contributed by atoms with Crippen LogP contribution in [0.2, 0.25) is 5.32 Å². The zero-order valence-electron chi connectivity index (χ0n) is 13.2. The van der Waals surface area contributed by atoms with E-state index in [1.807, 2.05) is 0 Å². The Hall–Kier alpha value is -0.421. The van der Waals surface area contributed by atoms with Crippen molar-refractivity contribution in [1.29, 1.82) is 0 Å². The molecule has 22 heavy (non-hydrogen) atoms. The van der Waals surface area contributed by atoms with Gasteiger partial charge in [-0.25, -0.2) is 0 Å². The number of rotatable bonds is 10. The van der Waals surface area contributed by atoms with Gasteiger partial charge in [0.25, 0.3) is 0 Å². The van der Waals surface area contributed by atoms with E-state index in [9.17, 15) is 0 Å². The average Bonchev–Trinajstić information content (AvgIpc) is 2.58. The molecule has 1 aromatic rings. The van der Waals surface area contributed by atoms with Crippen molar-refractivity contribution in [1.82, 2.24) is 0 Å². The van der Waals surface area contributed by atoms with Crippen LogP contribution in [0.15, 0.2) is 30.3 Å². The first-order valence-electron chi connectivity index (χ1n) is 7.99. The van der Waals surface area contributed by atoms with Crippen LogP contribution in [0.3, 0.4) is 0 Å². The molecule has 0 spiro atoms. The number of hydrogen-bond acceptors (Lipinski definition) is 4. The molecule has 1 fully saturated rings. The normalized spacial score (nSPS) is 20.0. The first kappa shape index (κ1) is 17.9. The molecule has 0 bridgehead atoms. The molecule has 1 heterocycles. The fourth-order valence-corrected chi connectivity index (χ4v) is 3.95. The van der Waals surface area contributed by atoms with E-state index in [0.29, 0.717) is 41.4 Å². The van der Waals surface area contributed by atoms with Crippen molar-refractivity contribution in [2.24, 2.45) is 0 Å². The second kappa shape index (κ2) is 11.2. The summed E-state index contributed by atoms with van der Waals surface area (Å²) >= 11 is 0.384. The van der Waals surface area contributed by atoms with Crippen molar-refractivity contribution in [3.63, 3.8) is 0 Å². The van der Waals surface area contributed by atoms with Gasteiger partial charge in [-0.3, -0.25) is 0 Å². The summed E-state index contributed by atoms with van der Waals surface area (Å²) in [7, 11) is 0. The number of benzene rings is 1. The Kier molecular flexibility index (Phi) is 9.10. The van der Waals surface area contributed by atoms with E-state index in [1.165, 1.54) is 4.46 Å². The standard InChI is InChI=1S/C17H26O4Se/c1-2-3-9-18-12-15(21-17-13-19-10-11-20-17)14-22-16-7-5-4-6-8-16/h4-8,15,17H,2-3,9-14H2,1H3. The number of ether oxygens (including phenoxy) is 4. The maximum absolute atomic E-state index is 6.04. The molecule has 0 aliphatic carbocycles.